The molecule has 1 saturated heterocycles. The highest BCUT2D eigenvalue weighted by atomic mass is 16.2. The molecule has 0 atom stereocenters. The molecule has 0 bridgehead atoms. The van der Waals surface area contributed by atoms with Crippen molar-refractivity contribution in [1.29, 1.82) is 0 Å². The van der Waals surface area contributed by atoms with E-state index in [-0.39, 0.29) is 5.91 Å². The van der Waals surface area contributed by atoms with E-state index in [0.717, 1.165) is 44.8 Å². The zero-order valence-electron chi connectivity index (χ0n) is 16.0. The minimum atomic E-state index is 0.0272. The maximum absolute atomic E-state index is 12.9. The van der Waals surface area contributed by atoms with E-state index in [4.69, 9.17) is 0 Å². The van der Waals surface area contributed by atoms with Crippen molar-refractivity contribution in [2.45, 2.75) is 40.2 Å². The van der Waals surface area contributed by atoms with Crippen LogP contribution in [-0.2, 0) is 6.54 Å². The number of piperidine rings is 1. The van der Waals surface area contributed by atoms with E-state index in [1.165, 1.54) is 5.56 Å². The van der Waals surface area contributed by atoms with Gasteiger partial charge in [0.25, 0.3) is 5.91 Å². The number of anilines is 1. The summed E-state index contributed by atoms with van der Waals surface area (Å²) in [5.41, 5.74) is 1.73. The summed E-state index contributed by atoms with van der Waals surface area (Å²) in [6.45, 7) is 9.43. The molecule has 1 aliphatic rings. The Morgan fingerprint density at radius 3 is 2.54 bits per heavy atom. The van der Waals surface area contributed by atoms with Crippen molar-refractivity contribution in [3.63, 3.8) is 0 Å². The van der Waals surface area contributed by atoms with Crippen molar-refractivity contribution < 1.29 is 4.79 Å². The number of rotatable bonds is 5. The number of carbonyl (C=O) groups excluding carboxylic acids is 1. The minimum Gasteiger partial charge on any atom is -0.352 e. The SMILES string of the molecule is CCN(Cc1ccccc1)c1cc(C(=O)N2CCC(C)CC2)nc(C)n1. The van der Waals surface area contributed by atoms with Crippen LogP contribution in [0.3, 0.4) is 0 Å². The topological polar surface area (TPSA) is 49.3 Å². The summed E-state index contributed by atoms with van der Waals surface area (Å²) in [6.07, 6.45) is 2.13. The molecule has 0 unspecified atom stereocenters. The second-order valence-electron chi connectivity index (χ2n) is 7.13. The van der Waals surface area contributed by atoms with Crippen LogP contribution in [0.4, 0.5) is 5.82 Å². The fourth-order valence-electron chi connectivity index (χ4n) is 3.36. The molecule has 0 spiro atoms. The molecule has 1 fully saturated rings. The number of amides is 1. The van der Waals surface area contributed by atoms with Gasteiger partial charge in [0.05, 0.1) is 0 Å². The fourth-order valence-corrected chi connectivity index (χ4v) is 3.36. The Balaban J connectivity index is 1.81. The van der Waals surface area contributed by atoms with Crippen molar-refractivity contribution in [2.75, 3.05) is 24.5 Å². The van der Waals surface area contributed by atoms with Crippen LogP contribution in [0, 0.1) is 12.8 Å². The van der Waals surface area contributed by atoms with Gasteiger partial charge >= 0.3 is 0 Å². The smallest absolute Gasteiger partial charge is 0.272 e. The van der Waals surface area contributed by atoms with Gasteiger partial charge in [0.1, 0.15) is 17.3 Å². The largest absolute Gasteiger partial charge is 0.352 e. The van der Waals surface area contributed by atoms with Gasteiger partial charge in [0.15, 0.2) is 0 Å². The van der Waals surface area contributed by atoms with Crippen molar-refractivity contribution in [2.24, 2.45) is 5.92 Å². The molecule has 1 amide bonds. The van der Waals surface area contributed by atoms with Crippen molar-refractivity contribution in [3.05, 3.63) is 53.5 Å². The van der Waals surface area contributed by atoms with Crippen LogP contribution in [-0.4, -0.2) is 40.4 Å². The van der Waals surface area contributed by atoms with Crippen LogP contribution in [0.25, 0.3) is 0 Å². The zero-order valence-corrected chi connectivity index (χ0v) is 16.0. The number of nitrogens with zero attached hydrogens (tertiary/aromatic N) is 4. The molecule has 2 aromatic rings. The third-order valence-corrected chi connectivity index (χ3v) is 5.04. The fraction of sp³-hybridized carbons (Fsp3) is 0.476. The van der Waals surface area contributed by atoms with Crippen molar-refractivity contribution in [3.8, 4) is 0 Å². The van der Waals surface area contributed by atoms with Crippen molar-refractivity contribution >= 4 is 11.7 Å². The van der Waals surface area contributed by atoms with Gasteiger partial charge < -0.3 is 9.80 Å². The number of aromatic nitrogens is 2. The van der Waals surface area contributed by atoms with Crippen LogP contribution in [0.5, 0.6) is 0 Å². The Morgan fingerprint density at radius 2 is 1.88 bits per heavy atom. The van der Waals surface area contributed by atoms with Gasteiger partial charge in [-0.05, 0) is 38.2 Å². The first-order chi connectivity index (χ1) is 12.6. The predicted molar refractivity (Wildman–Crippen MR) is 104 cm³/mol. The molecule has 5 heteroatoms. The number of hydrogen-bond acceptors (Lipinski definition) is 4. The first-order valence-corrected chi connectivity index (χ1v) is 9.50. The predicted octanol–water partition coefficient (Wildman–Crippen LogP) is 3.68. The molecule has 1 aromatic carbocycles. The average Bonchev–Trinajstić information content (AvgIpc) is 2.66. The Hall–Kier alpha value is -2.43. The molecule has 2 heterocycles. The summed E-state index contributed by atoms with van der Waals surface area (Å²) in [5.74, 6) is 2.18. The monoisotopic (exact) mass is 352 g/mol. The van der Waals surface area contributed by atoms with Crippen LogP contribution >= 0.6 is 0 Å². The van der Waals surface area contributed by atoms with Crippen LogP contribution < -0.4 is 4.90 Å². The quantitative estimate of drug-likeness (QED) is 0.823. The highest BCUT2D eigenvalue weighted by Gasteiger charge is 2.23. The molecule has 5 nitrogen and oxygen atoms in total. The second kappa shape index (κ2) is 8.30. The summed E-state index contributed by atoms with van der Waals surface area (Å²) < 4.78 is 0. The van der Waals surface area contributed by atoms with E-state index in [2.05, 4.69) is 40.8 Å². The van der Waals surface area contributed by atoms with Gasteiger partial charge in [0.2, 0.25) is 0 Å². The van der Waals surface area contributed by atoms with E-state index < -0.39 is 0 Å². The molecule has 138 valence electrons. The average molecular weight is 352 g/mol. The highest BCUT2D eigenvalue weighted by molar-refractivity contribution is 5.93. The van der Waals surface area contributed by atoms with Gasteiger partial charge in [-0.25, -0.2) is 9.97 Å². The lowest BCUT2D eigenvalue weighted by molar-refractivity contribution is 0.0691. The van der Waals surface area contributed by atoms with Crippen LogP contribution in [0.15, 0.2) is 36.4 Å². The Bertz CT molecular complexity index is 739. The Morgan fingerprint density at radius 1 is 1.19 bits per heavy atom. The van der Waals surface area contributed by atoms with Crippen LogP contribution in [0.2, 0.25) is 0 Å². The molecule has 3 rings (SSSR count). The third-order valence-electron chi connectivity index (χ3n) is 5.04. The molecule has 0 saturated carbocycles. The van der Waals surface area contributed by atoms with Gasteiger partial charge in [-0.2, -0.15) is 0 Å². The zero-order chi connectivity index (χ0) is 18.5. The molecule has 1 aromatic heterocycles. The molecule has 0 radical (unpaired) electrons. The summed E-state index contributed by atoms with van der Waals surface area (Å²) in [5, 5.41) is 0. The molecule has 1 aliphatic heterocycles. The Labute approximate surface area is 156 Å². The first-order valence-electron chi connectivity index (χ1n) is 9.50. The minimum absolute atomic E-state index is 0.0272. The van der Waals surface area contributed by atoms with Crippen LogP contribution in [0.1, 0.15) is 48.6 Å². The van der Waals surface area contributed by atoms with Gasteiger partial charge in [-0.15, -0.1) is 0 Å². The standard InChI is InChI=1S/C21H28N4O/c1-4-24(15-18-8-6-5-7-9-18)20-14-19(22-17(3)23-20)21(26)25-12-10-16(2)11-13-25/h5-9,14,16H,4,10-13,15H2,1-3H3. The molecule has 26 heavy (non-hydrogen) atoms. The lowest BCUT2D eigenvalue weighted by atomic mass is 9.99. The number of benzene rings is 1. The summed E-state index contributed by atoms with van der Waals surface area (Å²) >= 11 is 0. The third kappa shape index (κ3) is 4.40. The number of carbonyl (C=O) groups is 1. The van der Waals surface area contributed by atoms with Gasteiger partial charge in [-0.1, -0.05) is 37.3 Å². The molecule has 0 aliphatic carbocycles. The van der Waals surface area contributed by atoms with Crippen molar-refractivity contribution in [1.82, 2.24) is 14.9 Å². The lowest BCUT2D eigenvalue weighted by Gasteiger charge is -2.30. The van der Waals surface area contributed by atoms with E-state index >= 15 is 0 Å². The number of likely N-dealkylation sites (tertiary alicyclic amines) is 1. The second-order valence-corrected chi connectivity index (χ2v) is 7.13. The molecular formula is C21H28N4O. The maximum Gasteiger partial charge on any atom is 0.272 e. The van der Waals surface area contributed by atoms with Gasteiger partial charge in [-0.3, -0.25) is 4.79 Å². The van der Waals surface area contributed by atoms with E-state index in [1.54, 1.807) is 0 Å². The Kier molecular flexibility index (Phi) is 5.86. The first kappa shape index (κ1) is 18.4. The number of hydrogen-bond donors (Lipinski definition) is 0. The normalized spacial score (nSPS) is 15.1. The van der Waals surface area contributed by atoms with E-state index in [0.29, 0.717) is 17.4 Å². The maximum atomic E-state index is 12.9. The summed E-state index contributed by atoms with van der Waals surface area (Å²) in [7, 11) is 0. The molecule has 0 N–H and O–H groups in total. The summed E-state index contributed by atoms with van der Waals surface area (Å²) in [6, 6.07) is 12.2. The summed E-state index contributed by atoms with van der Waals surface area (Å²) in [4.78, 5) is 26.0. The van der Waals surface area contributed by atoms with Gasteiger partial charge in [0, 0.05) is 32.2 Å². The highest BCUT2D eigenvalue weighted by Crippen LogP contribution is 2.20. The van der Waals surface area contributed by atoms with E-state index in [1.807, 2.05) is 36.1 Å². The lowest BCUT2D eigenvalue weighted by Crippen LogP contribution is -2.38. The number of aryl methyl sites for hydroxylation is 1. The molecular weight excluding hydrogens is 324 g/mol. The van der Waals surface area contributed by atoms with E-state index in [9.17, 15) is 4.79 Å².